The quantitative estimate of drug-likeness (QED) is 0.387. The summed E-state index contributed by atoms with van der Waals surface area (Å²) in [5.74, 6) is -0.167. The van der Waals surface area contributed by atoms with E-state index in [-0.39, 0.29) is 11.2 Å². The van der Waals surface area contributed by atoms with Gasteiger partial charge in [0, 0.05) is 5.75 Å². The molecule has 0 N–H and O–H groups in total. The largest absolute Gasteiger partial charge is 0.852 e. The summed E-state index contributed by atoms with van der Waals surface area (Å²) in [5, 5.41) is 9.78. The van der Waals surface area contributed by atoms with Crippen LogP contribution in [0.4, 0.5) is 0 Å². The summed E-state index contributed by atoms with van der Waals surface area (Å²) in [6.45, 7) is 0. The summed E-state index contributed by atoms with van der Waals surface area (Å²) in [7, 11) is 0. The third kappa shape index (κ3) is 0.266. The fourth-order valence-corrected chi connectivity index (χ4v) is 0.268. The van der Waals surface area contributed by atoms with Gasteiger partial charge in [0.25, 0.3) is 5.43 Å². The van der Waals surface area contributed by atoms with Crippen LogP contribution in [-0.2, 0) is 0 Å². The van der Waals surface area contributed by atoms with Crippen LogP contribution in [0.25, 0.3) is 0 Å². The van der Waals surface area contributed by atoms with Crippen molar-refractivity contribution in [2.24, 2.45) is 0 Å². The Hall–Kier alpha value is -0.920. The van der Waals surface area contributed by atoms with Crippen LogP contribution in [0.1, 0.15) is 0 Å². The van der Waals surface area contributed by atoms with Gasteiger partial charge in [-0.2, -0.15) is 0 Å². The first-order valence-corrected chi connectivity index (χ1v) is 1.56. The van der Waals surface area contributed by atoms with E-state index in [1.54, 1.807) is 0 Å². The van der Waals surface area contributed by atoms with Gasteiger partial charge in [-0.05, 0) is 0 Å². The molecule has 1 aromatic rings. The van der Waals surface area contributed by atoms with Crippen molar-refractivity contribution in [1.82, 2.24) is 0 Å². The van der Waals surface area contributed by atoms with Crippen molar-refractivity contribution in [3.63, 3.8) is 0 Å². The zero-order valence-corrected chi connectivity index (χ0v) is 2.97. The Balaban J connectivity index is 3.06. The third-order valence-electron chi connectivity index (χ3n) is 0.569. The topological polar surface area (TPSA) is 40.1 Å². The van der Waals surface area contributed by atoms with Gasteiger partial charge < -0.3 is 5.11 Å². The van der Waals surface area contributed by atoms with Crippen LogP contribution in [-0.4, -0.2) is 0 Å². The zero-order valence-electron chi connectivity index (χ0n) is 2.97. The first-order valence-electron chi connectivity index (χ1n) is 1.56. The monoisotopic (exact) mass is 82.0 g/mol. The minimum atomic E-state index is -0.167. The maximum Gasteiger partial charge on any atom is 0.283 e. The van der Waals surface area contributed by atoms with E-state index >= 15 is 0 Å². The fourth-order valence-electron chi connectivity index (χ4n) is 0.268. The molecule has 0 saturated carbocycles. The molecule has 1 rings (SSSR count). The van der Waals surface area contributed by atoms with E-state index in [1.807, 2.05) is 0 Å². The summed E-state index contributed by atoms with van der Waals surface area (Å²) in [5.41, 5.74) is -0.167. The molecule has 2 nitrogen and oxygen atoms in total. The van der Waals surface area contributed by atoms with E-state index in [4.69, 9.17) is 0 Å². The summed E-state index contributed by atoms with van der Waals surface area (Å²) < 4.78 is 0. The van der Waals surface area contributed by atoms with Gasteiger partial charge in [0.05, 0.1) is 12.1 Å². The van der Waals surface area contributed by atoms with Crippen molar-refractivity contribution >= 4 is 0 Å². The normalized spacial score (nSPS) is 9.33. The lowest BCUT2D eigenvalue weighted by molar-refractivity contribution is -0.270. The molecule has 0 aliphatic heterocycles. The lowest BCUT2D eigenvalue weighted by Gasteiger charge is -1.93. The molecule has 0 bridgehead atoms. The molecule has 0 saturated heterocycles. The van der Waals surface area contributed by atoms with E-state index in [1.165, 1.54) is 0 Å². The van der Waals surface area contributed by atoms with Crippen molar-refractivity contribution in [3.05, 3.63) is 22.4 Å². The first kappa shape index (κ1) is 3.28. The second-order valence-electron chi connectivity index (χ2n) is 1.09. The molecular weight excluding hydrogens is 80.0 g/mol. The molecule has 0 unspecified atom stereocenters. The SMILES string of the molecule is O=c1cc([O-])[cH+]1. The second kappa shape index (κ2) is 0.772. The van der Waals surface area contributed by atoms with Crippen LogP contribution in [0.3, 0.4) is 0 Å². The van der Waals surface area contributed by atoms with Gasteiger partial charge in [0.1, 0.15) is 0 Å². The van der Waals surface area contributed by atoms with Crippen molar-refractivity contribution < 1.29 is 5.11 Å². The maximum atomic E-state index is 9.78. The van der Waals surface area contributed by atoms with Crippen LogP contribution in [0.2, 0.25) is 0 Å². The van der Waals surface area contributed by atoms with E-state index in [2.05, 4.69) is 0 Å². The van der Waals surface area contributed by atoms with Crippen molar-refractivity contribution in [1.29, 1.82) is 0 Å². The molecule has 1 aromatic carbocycles. The van der Waals surface area contributed by atoms with Gasteiger partial charge in [-0.1, -0.05) is 0 Å². The third-order valence-corrected chi connectivity index (χ3v) is 0.569. The van der Waals surface area contributed by atoms with Crippen molar-refractivity contribution in [2.45, 2.75) is 0 Å². The first-order chi connectivity index (χ1) is 2.79. The Labute approximate surface area is 34.4 Å². The van der Waals surface area contributed by atoms with E-state index in [0.717, 1.165) is 12.1 Å². The molecule has 0 fully saturated rings. The van der Waals surface area contributed by atoms with Crippen LogP contribution in [0, 0.1) is 0 Å². The van der Waals surface area contributed by atoms with Crippen LogP contribution >= 0.6 is 0 Å². The van der Waals surface area contributed by atoms with Gasteiger partial charge in [-0.3, -0.25) is 4.79 Å². The predicted octanol–water partition coefficient (Wildman–Crippen LogP) is -0.723. The smallest absolute Gasteiger partial charge is 0.283 e. The highest BCUT2D eigenvalue weighted by Gasteiger charge is 1.91. The van der Waals surface area contributed by atoms with E-state index in [0.29, 0.717) is 0 Å². The van der Waals surface area contributed by atoms with Crippen molar-refractivity contribution in [3.8, 4) is 5.75 Å². The summed E-state index contributed by atoms with van der Waals surface area (Å²) in [6, 6.07) is 2.11. The Morgan fingerprint density at radius 2 is 2.33 bits per heavy atom. The number of hydrogen-bond acceptors (Lipinski definition) is 2. The highest BCUT2D eigenvalue weighted by molar-refractivity contribution is 5.22. The maximum absolute atomic E-state index is 9.78. The lowest BCUT2D eigenvalue weighted by Crippen LogP contribution is -2.06. The average Bonchev–Trinajstić information content (AvgIpc) is 1.33. The standard InChI is InChI=1S/C4H2O2/c5-3-1-4(6)2-3/h1-2H. The molecular formula is C4H2O2. The van der Waals surface area contributed by atoms with Crippen LogP contribution in [0.15, 0.2) is 16.9 Å². The highest BCUT2D eigenvalue weighted by atomic mass is 16.3. The minimum Gasteiger partial charge on any atom is -0.852 e. The van der Waals surface area contributed by atoms with E-state index in [9.17, 15) is 9.90 Å². The zero-order chi connectivity index (χ0) is 4.57. The minimum absolute atomic E-state index is 0.167. The number of hydrogen-bond donors (Lipinski definition) is 0. The molecule has 0 heterocycles. The van der Waals surface area contributed by atoms with Gasteiger partial charge >= 0.3 is 0 Å². The molecule has 30 valence electrons. The Kier molecular flexibility index (Phi) is 0.422. The van der Waals surface area contributed by atoms with Crippen LogP contribution < -0.4 is 10.5 Å². The summed E-state index contributed by atoms with van der Waals surface area (Å²) in [4.78, 5) is 9.78. The molecule has 2 heteroatoms. The highest BCUT2D eigenvalue weighted by Crippen LogP contribution is 1.94. The summed E-state index contributed by atoms with van der Waals surface area (Å²) >= 11 is 0. The molecule has 0 aliphatic rings. The van der Waals surface area contributed by atoms with E-state index < -0.39 is 0 Å². The molecule has 0 atom stereocenters. The molecule has 0 radical (unpaired) electrons. The predicted molar refractivity (Wildman–Crippen MR) is 18.9 cm³/mol. The molecule has 6 heavy (non-hydrogen) atoms. The Morgan fingerprint density at radius 1 is 1.83 bits per heavy atom. The van der Waals surface area contributed by atoms with Gasteiger partial charge in [0.15, 0.2) is 0 Å². The summed E-state index contributed by atoms with van der Waals surface area (Å²) in [6.07, 6.45) is 0. The fraction of sp³-hybridized carbons (Fsp3) is 0. The second-order valence-corrected chi connectivity index (χ2v) is 1.09. The molecule has 0 aromatic heterocycles. The van der Waals surface area contributed by atoms with Gasteiger partial charge in [0.2, 0.25) is 0 Å². The molecule has 0 spiro atoms. The lowest BCUT2D eigenvalue weighted by atomic mass is 10.3. The van der Waals surface area contributed by atoms with Crippen LogP contribution in [0.5, 0.6) is 5.75 Å². The van der Waals surface area contributed by atoms with Crippen molar-refractivity contribution in [2.75, 3.05) is 0 Å². The van der Waals surface area contributed by atoms with Gasteiger partial charge in [-0.25, -0.2) is 0 Å². The number of rotatable bonds is 0. The average molecular weight is 82.1 g/mol. The van der Waals surface area contributed by atoms with Gasteiger partial charge in [-0.15, -0.1) is 0 Å². The molecule has 0 amide bonds. The Bertz CT molecular complexity index is 149. The molecule has 0 aliphatic carbocycles. The Morgan fingerprint density at radius 3 is 2.33 bits per heavy atom.